The van der Waals surface area contributed by atoms with Gasteiger partial charge in [0.1, 0.15) is 0 Å². The van der Waals surface area contributed by atoms with E-state index < -0.39 is 0 Å². The molecule has 0 bridgehead atoms. The third kappa shape index (κ3) is 3.25. The molecule has 1 aliphatic rings. The smallest absolute Gasteiger partial charge is 0.196 e. The second-order valence-corrected chi connectivity index (χ2v) is 5.15. The van der Waals surface area contributed by atoms with E-state index in [1.807, 2.05) is 0 Å². The van der Waals surface area contributed by atoms with E-state index in [4.69, 9.17) is 4.99 Å². The monoisotopic (exact) mass is 245 g/mol. The molecule has 0 spiro atoms. The Morgan fingerprint density at radius 3 is 2.33 bits per heavy atom. The largest absolute Gasteiger partial charge is 0.344 e. The van der Waals surface area contributed by atoms with Crippen LogP contribution in [-0.2, 0) is 6.42 Å². The van der Waals surface area contributed by atoms with Crippen molar-refractivity contribution in [1.82, 2.24) is 9.80 Å². The van der Waals surface area contributed by atoms with E-state index in [1.165, 1.54) is 5.56 Å². The number of aliphatic imine (C=N–C) groups is 1. The average Bonchev–Trinajstić information content (AvgIpc) is 2.69. The number of nitrogens with zero attached hydrogens (tertiary/aromatic N) is 3. The molecule has 3 heteroatoms. The van der Waals surface area contributed by atoms with Crippen molar-refractivity contribution >= 4 is 5.96 Å². The summed E-state index contributed by atoms with van der Waals surface area (Å²) in [5.74, 6) is 1.13. The van der Waals surface area contributed by atoms with Crippen LogP contribution in [0, 0.1) is 0 Å². The summed E-state index contributed by atoms with van der Waals surface area (Å²) in [6.07, 6.45) is 2.21. The number of rotatable bonds is 4. The van der Waals surface area contributed by atoms with E-state index in [0.29, 0.717) is 6.04 Å². The van der Waals surface area contributed by atoms with Crippen LogP contribution in [0.5, 0.6) is 0 Å². The van der Waals surface area contributed by atoms with Gasteiger partial charge >= 0.3 is 0 Å². The summed E-state index contributed by atoms with van der Waals surface area (Å²) in [7, 11) is 4.23. The highest BCUT2D eigenvalue weighted by atomic mass is 15.4. The molecule has 18 heavy (non-hydrogen) atoms. The summed E-state index contributed by atoms with van der Waals surface area (Å²) >= 11 is 0. The van der Waals surface area contributed by atoms with E-state index in [0.717, 1.165) is 31.9 Å². The molecule has 1 fully saturated rings. The molecule has 98 valence electrons. The minimum absolute atomic E-state index is 0.378. The van der Waals surface area contributed by atoms with Crippen molar-refractivity contribution in [1.29, 1.82) is 0 Å². The first kappa shape index (κ1) is 12.9. The number of benzene rings is 1. The Morgan fingerprint density at radius 2 is 1.72 bits per heavy atom. The first-order valence-electron chi connectivity index (χ1n) is 6.71. The summed E-state index contributed by atoms with van der Waals surface area (Å²) in [5, 5.41) is 0. The van der Waals surface area contributed by atoms with Gasteiger partial charge in [0.2, 0.25) is 0 Å². The maximum absolute atomic E-state index is 4.82. The molecule has 0 aromatic heterocycles. The van der Waals surface area contributed by atoms with E-state index in [2.05, 4.69) is 61.2 Å². The second-order valence-electron chi connectivity index (χ2n) is 5.15. The Morgan fingerprint density at radius 1 is 1.11 bits per heavy atom. The van der Waals surface area contributed by atoms with Crippen molar-refractivity contribution in [2.45, 2.75) is 25.8 Å². The predicted octanol–water partition coefficient (Wildman–Crippen LogP) is 2.24. The van der Waals surface area contributed by atoms with Crippen LogP contribution >= 0.6 is 0 Å². The van der Waals surface area contributed by atoms with Gasteiger partial charge in [-0.15, -0.1) is 0 Å². The fraction of sp³-hybridized carbons (Fsp3) is 0.533. The molecule has 0 radical (unpaired) electrons. The van der Waals surface area contributed by atoms with Crippen LogP contribution in [0.25, 0.3) is 0 Å². The zero-order valence-corrected chi connectivity index (χ0v) is 11.6. The van der Waals surface area contributed by atoms with Gasteiger partial charge in [0.15, 0.2) is 5.96 Å². The van der Waals surface area contributed by atoms with Crippen molar-refractivity contribution in [2.24, 2.45) is 4.99 Å². The first-order valence-corrected chi connectivity index (χ1v) is 6.71. The van der Waals surface area contributed by atoms with Crippen LogP contribution in [0.15, 0.2) is 35.3 Å². The van der Waals surface area contributed by atoms with Gasteiger partial charge in [0, 0.05) is 27.2 Å². The molecule has 3 nitrogen and oxygen atoms in total. The van der Waals surface area contributed by atoms with E-state index in [9.17, 15) is 0 Å². The highest BCUT2D eigenvalue weighted by molar-refractivity contribution is 5.81. The Balaban J connectivity index is 1.89. The molecule has 0 N–H and O–H groups in total. The lowest BCUT2D eigenvalue weighted by molar-refractivity contribution is 0.549. The Bertz CT molecular complexity index is 387. The van der Waals surface area contributed by atoms with Crippen molar-refractivity contribution < 1.29 is 0 Å². The van der Waals surface area contributed by atoms with Gasteiger partial charge in [0.25, 0.3) is 0 Å². The zero-order chi connectivity index (χ0) is 13.0. The summed E-state index contributed by atoms with van der Waals surface area (Å²) < 4.78 is 0. The summed E-state index contributed by atoms with van der Waals surface area (Å²) in [5.41, 5.74) is 1.40. The van der Waals surface area contributed by atoms with Gasteiger partial charge in [-0.05, 0) is 25.3 Å². The SMILES string of the molecule is CC(CCc1ccccc1)N=C1N(C)CCN1C. The van der Waals surface area contributed by atoms with Crippen LogP contribution in [-0.4, -0.2) is 49.0 Å². The van der Waals surface area contributed by atoms with Gasteiger partial charge in [0.05, 0.1) is 6.04 Å². The highest BCUT2D eigenvalue weighted by Gasteiger charge is 2.20. The first-order chi connectivity index (χ1) is 8.66. The van der Waals surface area contributed by atoms with Crippen LogP contribution < -0.4 is 0 Å². The molecule has 1 unspecified atom stereocenters. The maximum atomic E-state index is 4.82. The van der Waals surface area contributed by atoms with Crippen LogP contribution in [0.1, 0.15) is 18.9 Å². The number of aryl methyl sites for hydroxylation is 1. The second kappa shape index (κ2) is 5.89. The number of guanidine groups is 1. The van der Waals surface area contributed by atoms with Gasteiger partial charge < -0.3 is 9.80 Å². The molecule has 1 aliphatic heterocycles. The predicted molar refractivity (Wildman–Crippen MR) is 76.9 cm³/mol. The lowest BCUT2D eigenvalue weighted by atomic mass is 10.1. The van der Waals surface area contributed by atoms with Crippen molar-refractivity contribution in [3.63, 3.8) is 0 Å². The lowest BCUT2D eigenvalue weighted by Gasteiger charge is -2.18. The molecule has 0 aliphatic carbocycles. The molecule has 1 aromatic carbocycles. The Kier molecular flexibility index (Phi) is 4.24. The molecule has 0 saturated carbocycles. The number of hydrogen-bond donors (Lipinski definition) is 0. The zero-order valence-electron chi connectivity index (χ0n) is 11.6. The normalized spacial score (nSPS) is 17.2. The molecule has 1 aromatic rings. The average molecular weight is 245 g/mol. The molecule has 1 heterocycles. The summed E-state index contributed by atoms with van der Waals surface area (Å²) in [6, 6.07) is 11.0. The topological polar surface area (TPSA) is 18.8 Å². The van der Waals surface area contributed by atoms with Gasteiger partial charge in [-0.2, -0.15) is 0 Å². The Labute approximate surface area is 110 Å². The van der Waals surface area contributed by atoms with E-state index in [1.54, 1.807) is 0 Å². The molecule has 0 amide bonds. The quantitative estimate of drug-likeness (QED) is 0.810. The molecule has 2 rings (SSSR count). The lowest BCUT2D eigenvalue weighted by Crippen LogP contribution is -2.29. The fourth-order valence-corrected chi connectivity index (χ4v) is 2.27. The molecular weight excluding hydrogens is 222 g/mol. The van der Waals surface area contributed by atoms with Gasteiger partial charge in [-0.3, -0.25) is 0 Å². The maximum Gasteiger partial charge on any atom is 0.196 e. The van der Waals surface area contributed by atoms with Crippen molar-refractivity contribution in [3.05, 3.63) is 35.9 Å². The van der Waals surface area contributed by atoms with Gasteiger partial charge in [-0.1, -0.05) is 30.3 Å². The van der Waals surface area contributed by atoms with Crippen molar-refractivity contribution in [3.8, 4) is 0 Å². The minimum atomic E-state index is 0.378. The van der Waals surface area contributed by atoms with E-state index >= 15 is 0 Å². The molecule has 1 saturated heterocycles. The molecule has 1 atom stereocenters. The highest BCUT2D eigenvalue weighted by Crippen LogP contribution is 2.10. The van der Waals surface area contributed by atoms with Crippen LogP contribution in [0.2, 0.25) is 0 Å². The van der Waals surface area contributed by atoms with Crippen LogP contribution in [0.3, 0.4) is 0 Å². The van der Waals surface area contributed by atoms with Crippen LogP contribution in [0.4, 0.5) is 0 Å². The standard InChI is InChI=1S/C15H23N3/c1-13(9-10-14-7-5-4-6-8-14)16-15-17(2)11-12-18(15)3/h4-8,13H,9-12H2,1-3H3. The van der Waals surface area contributed by atoms with Crippen molar-refractivity contribution in [2.75, 3.05) is 27.2 Å². The third-order valence-corrected chi connectivity index (χ3v) is 3.48. The Hall–Kier alpha value is -1.51. The third-order valence-electron chi connectivity index (χ3n) is 3.48. The number of hydrogen-bond acceptors (Lipinski definition) is 1. The fourth-order valence-electron chi connectivity index (χ4n) is 2.27. The summed E-state index contributed by atoms with van der Waals surface area (Å²) in [6.45, 7) is 4.37. The number of likely N-dealkylation sites (N-methyl/N-ethyl adjacent to an activating group) is 2. The van der Waals surface area contributed by atoms with Gasteiger partial charge in [-0.25, -0.2) is 4.99 Å². The van der Waals surface area contributed by atoms with E-state index in [-0.39, 0.29) is 0 Å². The summed E-state index contributed by atoms with van der Waals surface area (Å²) in [4.78, 5) is 9.29. The minimum Gasteiger partial charge on any atom is -0.344 e. The molecular formula is C15H23N3.